The molecule has 0 aliphatic carbocycles. The van der Waals surface area contributed by atoms with Gasteiger partial charge in [0.25, 0.3) is 0 Å². The Morgan fingerprint density at radius 2 is 0.687 bits per heavy atom. The average Bonchev–Trinajstić information content (AvgIpc) is 1.69. The number of benzene rings is 4. The first kappa shape index (κ1) is 63.5. The maximum absolute atomic E-state index is 15.7. The van der Waals surface area contributed by atoms with Crippen LogP contribution in [0.2, 0.25) is 38.3 Å². The summed E-state index contributed by atoms with van der Waals surface area (Å²) in [6.07, 6.45) is -1.20. The van der Waals surface area contributed by atoms with Gasteiger partial charge in [0.15, 0.2) is 0 Å². The van der Waals surface area contributed by atoms with Crippen LogP contribution < -0.4 is 11.0 Å². The summed E-state index contributed by atoms with van der Waals surface area (Å²) < 4.78 is 169. The van der Waals surface area contributed by atoms with Crippen molar-refractivity contribution in [1.82, 2.24) is 5.58 Å². The van der Waals surface area contributed by atoms with E-state index in [0.717, 1.165) is 26.1 Å². The normalized spacial score (nSPS) is 17.0. The van der Waals surface area contributed by atoms with Gasteiger partial charge in [-0.3, -0.25) is 0 Å². The van der Waals surface area contributed by atoms with Gasteiger partial charge in [0, 0.05) is 0 Å². The fourth-order valence-corrected chi connectivity index (χ4v) is 43.2. The third-order valence-corrected chi connectivity index (χ3v) is 44.5. The van der Waals surface area contributed by atoms with Crippen LogP contribution in [0.4, 0.5) is 55.5 Å². The maximum atomic E-state index is 15.7. The molecular weight excluding hydrogens is 1390 g/mol. The van der Waals surface area contributed by atoms with Crippen LogP contribution in [-0.4, -0.2) is 140 Å². The molecule has 0 radical (unpaired) electrons. The van der Waals surface area contributed by atoms with E-state index in [1.165, 1.54) is 94.1 Å². The van der Waals surface area contributed by atoms with Crippen LogP contribution in [0.1, 0.15) is 35.1 Å². The Morgan fingerprint density at radius 1 is 0.398 bits per heavy atom. The second-order valence-corrected chi connectivity index (χ2v) is 45.0. The third-order valence-electron chi connectivity index (χ3n) is 14.3. The fraction of sp³-hybridized carbons (Fsp3) is 0.385. The predicted molar refractivity (Wildman–Crippen MR) is 333 cm³/mol. The van der Waals surface area contributed by atoms with Crippen LogP contribution in [0.25, 0.3) is 21.5 Å². The van der Waals surface area contributed by atoms with Gasteiger partial charge in [0.1, 0.15) is 0 Å². The molecule has 1 atom stereocenters. The summed E-state index contributed by atoms with van der Waals surface area (Å²) in [7, 11) is -8.50. The van der Waals surface area contributed by atoms with E-state index in [4.69, 9.17) is 35.5 Å². The zero-order valence-electron chi connectivity index (χ0n) is 46.4. The summed E-state index contributed by atoms with van der Waals surface area (Å²) in [6.45, 7) is 6.58. The first-order valence-corrected chi connectivity index (χ1v) is 46.1. The number of aromatic nitrogens is 2. The topological polar surface area (TPSA) is 102 Å². The summed E-state index contributed by atoms with van der Waals surface area (Å²) in [5, 5.41) is 1.89. The van der Waals surface area contributed by atoms with Crippen molar-refractivity contribution in [1.29, 1.82) is 0 Å². The van der Waals surface area contributed by atoms with Gasteiger partial charge >= 0.3 is 518 Å². The van der Waals surface area contributed by atoms with Crippen molar-refractivity contribution in [3.63, 3.8) is 0 Å². The number of halogens is 10. The van der Waals surface area contributed by atoms with Gasteiger partial charge in [-0.25, -0.2) is 0 Å². The SMILES string of the molecule is CSc1ccc(SC)c2c1C1=NC2=Nc2c3c(SC)ccc(SC)c3c3[n]2[Sn]([O][Si](C)(C)C)([O][Si](C)(CCC(F)(F)C(F)(F)F)CCC(F)(F)C(F)(F)F)[n]2c(c4c(SC)ccc(SC)c4c2=NC2=NC(=N3)c3c(SC)ccc(SC)c32)=N1. The van der Waals surface area contributed by atoms with Crippen molar-refractivity contribution in [3.05, 3.63) is 81.8 Å². The minimum absolute atomic E-state index is 0.0940. The van der Waals surface area contributed by atoms with Crippen LogP contribution in [0, 0.1) is 0 Å². The van der Waals surface area contributed by atoms with Crippen LogP contribution >= 0.6 is 94.1 Å². The van der Waals surface area contributed by atoms with Crippen molar-refractivity contribution in [2.45, 2.75) is 114 Å². The zero-order valence-corrected chi connectivity index (χ0v) is 57.8. The molecule has 4 aromatic carbocycles. The van der Waals surface area contributed by atoms with Crippen molar-refractivity contribution >= 4 is 187 Å². The molecule has 0 spiro atoms. The molecule has 0 saturated carbocycles. The first-order chi connectivity index (χ1) is 39.0. The molecule has 6 aromatic rings. The van der Waals surface area contributed by atoms with Crippen LogP contribution in [-0.2, 0) is 5.53 Å². The van der Waals surface area contributed by atoms with E-state index in [9.17, 15) is 26.3 Å². The van der Waals surface area contributed by atoms with Gasteiger partial charge in [-0.2, -0.15) is 0 Å². The number of alkyl halides is 10. The van der Waals surface area contributed by atoms with E-state index in [1.54, 1.807) is 5.58 Å². The molecule has 1 unspecified atom stereocenters. The Hall–Kier alpha value is -2.51. The molecule has 6 bridgehead atoms. The van der Waals surface area contributed by atoms with Gasteiger partial charge < -0.3 is 0 Å². The number of aliphatic imine (C=N–C) groups is 4. The Kier molecular flexibility index (Phi) is 17.7. The Bertz CT molecular complexity index is 3730. The molecular formula is C52H52F10N8O2S8Si2Sn. The van der Waals surface area contributed by atoms with E-state index >= 15 is 17.6 Å². The molecule has 0 saturated heterocycles. The van der Waals surface area contributed by atoms with Gasteiger partial charge in [-0.1, -0.05) is 0 Å². The number of nitrogens with zero attached hydrogens (tertiary/aromatic N) is 8. The number of rotatable bonds is 18. The molecule has 442 valence electrons. The second kappa shape index (κ2) is 23.1. The number of hydrogen-bond acceptors (Lipinski definition) is 16. The van der Waals surface area contributed by atoms with E-state index in [-0.39, 0.29) is 46.0 Å². The van der Waals surface area contributed by atoms with E-state index in [1.807, 2.05) is 118 Å². The van der Waals surface area contributed by atoms with Gasteiger partial charge in [-0.05, 0) is 0 Å². The standard InChI is InChI=1S/C40H32N8S8.C9H11F10OSi.C3H9OSi.Sn/c1-49-17-9-10-18(50-2)26-25(17)33-41-34(26)46-36-29-21(53-5)13-14-22(54-6)30(29)38(43-36)48-40-32-24(56-8)16-15-23(55-7)31(32)39(44-40)47-37-28-20(52-4)12-11-19(51-3)27(28)35(42-37)45-33;1-21(20,4-2-6(10,11)8(14,15)16)5-3-7(12,13)9(17,18)19;1-5(2,3)4;/h9-16H,1-8H3;2-5H2,1H3;1-3H3;/q-2;2*-1;+4. The number of fused-ring (bicyclic) bond motifs is 14. The van der Waals surface area contributed by atoms with Gasteiger partial charge in [-0.15, -0.1) is 0 Å². The van der Waals surface area contributed by atoms with E-state index in [0.29, 0.717) is 63.4 Å². The fourth-order valence-electron chi connectivity index (χ4n) is 10.5. The summed E-state index contributed by atoms with van der Waals surface area (Å²) in [5.41, 5.74) is 2.63. The Labute approximate surface area is 513 Å². The molecule has 10 nitrogen and oxygen atoms in total. The third kappa shape index (κ3) is 10.9. The quantitative estimate of drug-likeness (QED) is 0.0470. The number of hydrogen-bond donors (Lipinski definition) is 0. The molecule has 2 aromatic heterocycles. The molecule has 0 amide bonds. The number of amidine groups is 4. The van der Waals surface area contributed by atoms with E-state index in [2.05, 4.69) is 0 Å². The molecule has 83 heavy (non-hydrogen) atoms. The van der Waals surface area contributed by atoms with Crippen molar-refractivity contribution in [2.75, 3.05) is 50.0 Å². The molecule has 0 N–H and O–H groups in total. The summed E-state index contributed by atoms with van der Waals surface area (Å²) in [6, 6.07) is 12.9. The Balaban J connectivity index is 1.58. The van der Waals surface area contributed by atoms with Crippen molar-refractivity contribution in [3.8, 4) is 0 Å². The zero-order chi connectivity index (χ0) is 60.3. The molecule has 10 rings (SSSR count). The molecule has 31 heteroatoms. The van der Waals surface area contributed by atoms with Crippen LogP contribution in [0.15, 0.2) is 118 Å². The van der Waals surface area contributed by atoms with Crippen molar-refractivity contribution < 1.29 is 49.4 Å². The van der Waals surface area contributed by atoms with Gasteiger partial charge in [0.2, 0.25) is 0 Å². The van der Waals surface area contributed by atoms with E-state index < -0.39 is 85.5 Å². The van der Waals surface area contributed by atoms with Gasteiger partial charge in [0.05, 0.1) is 0 Å². The van der Waals surface area contributed by atoms with Crippen LogP contribution in [0.3, 0.4) is 0 Å². The molecule has 6 heterocycles. The van der Waals surface area contributed by atoms with Crippen LogP contribution in [0.5, 0.6) is 0 Å². The monoisotopic (exact) mass is 1440 g/mol. The Morgan fingerprint density at radius 3 is 0.976 bits per heavy atom. The second-order valence-electron chi connectivity index (χ2n) is 20.5. The molecule has 0 fully saturated rings. The first-order valence-electron chi connectivity index (χ1n) is 25.2. The molecule has 4 aliphatic heterocycles. The summed E-state index contributed by atoms with van der Waals surface area (Å²) >= 11 is 4.15. The van der Waals surface area contributed by atoms with Crippen molar-refractivity contribution in [2.24, 2.45) is 30.0 Å². The predicted octanol–water partition coefficient (Wildman–Crippen LogP) is 16.8. The number of thioether (sulfide) groups is 8. The summed E-state index contributed by atoms with van der Waals surface area (Å²) in [4.78, 5) is 38.8. The molecule has 4 aliphatic rings. The summed E-state index contributed by atoms with van der Waals surface area (Å²) in [5.74, 6) is -9.95. The average molecular weight is 1440 g/mol. The minimum atomic E-state index is -7.07.